The number of hydrogen-bond acceptors (Lipinski definition) is 6. The fourth-order valence-electron chi connectivity index (χ4n) is 3.58. The maximum atomic E-state index is 12.8. The fraction of sp³-hybridized carbons (Fsp3) is 0.444. The summed E-state index contributed by atoms with van der Waals surface area (Å²) in [4.78, 5) is 32.7. The Labute approximate surface area is 175 Å². The maximum Gasteiger partial charge on any atom is 0.276 e. The molecule has 2 aliphatic rings. The monoisotopic (exact) mass is 427 g/mol. The Kier molecular flexibility index (Phi) is 7.79. The molecule has 0 saturated carbocycles. The lowest BCUT2D eigenvalue weighted by Gasteiger charge is -2.40. The quantitative estimate of drug-likeness (QED) is 0.799. The molecule has 1 N–H and O–H groups in total. The standard InChI is InChI=1S/C18H21N5O3.2ClH/c24-17-11-20-6-8-23(17)14-4-2-7-22(12-14)18(25)15-9-16(26-21-15)13-3-1-5-19-10-13;;/h1,3,5,9-10,14,20H,2,4,6-8,11-12H2;2*1H. The third kappa shape index (κ3) is 4.63. The first-order valence-electron chi connectivity index (χ1n) is 8.89. The van der Waals surface area contributed by atoms with Crippen molar-refractivity contribution in [3.8, 4) is 11.3 Å². The van der Waals surface area contributed by atoms with Crippen LogP contribution in [0.4, 0.5) is 0 Å². The van der Waals surface area contributed by atoms with Gasteiger partial charge in [-0.1, -0.05) is 5.16 Å². The number of carbonyl (C=O) groups excluding carboxylic acids is 2. The van der Waals surface area contributed by atoms with Gasteiger partial charge in [-0.05, 0) is 25.0 Å². The summed E-state index contributed by atoms with van der Waals surface area (Å²) in [6.45, 7) is 3.08. The average molecular weight is 428 g/mol. The molecule has 0 aliphatic carbocycles. The summed E-state index contributed by atoms with van der Waals surface area (Å²) in [6.07, 6.45) is 5.15. The minimum Gasteiger partial charge on any atom is -0.355 e. The zero-order valence-corrected chi connectivity index (χ0v) is 16.9. The molecule has 0 bridgehead atoms. The average Bonchev–Trinajstić information content (AvgIpc) is 3.19. The van der Waals surface area contributed by atoms with Crippen molar-refractivity contribution < 1.29 is 14.1 Å². The molecule has 8 nitrogen and oxygen atoms in total. The summed E-state index contributed by atoms with van der Waals surface area (Å²) in [5.74, 6) is 0.472. The van der Waals surface area contributed by atoms with E-state index in [9.17, 15) is 9.59 Å². The predicted molar refractivity (Wildman–Crippen MR) is 108 cm³/mol. The second-order valence-corrected chi connectivity index (χ2v) is 6.63. The van der Waals surface area contributed by atoms with E-state index >= 15 is 0 Å². The van der Waals surface area contributed by atoms with Crippen molar-refractivity contribution in [1.29, 1.82) is 0 Å². The summed E-state index contributed by atoms with van der Waals surface area (Å²) in [7, 11) is 0. The highest BCUT2D eigenvalue weighted by atomic mass is 35.5. The van der Waals surface area contributed by atoms with Gasteiger partial charge in [0.15, 0.2) is 11.5 Å². The third-order valence-electron chi connectivity index (χ3n) is 4.93. The molecule has 2 saturated heterocycles. The molecule has 10 heteroatoms. The van der Waals surface area contributed by atoms with Crippen LogP contribution in [0.25, 0.3) is 11.3 Å². The number of aromatic nitrogens is 2. The van der Waals surface area contributed by atoms with Crippen LogP contribution in [0.1, 0.15) is 23.3 Å². The molecule has 2 amide bonds. The number of piperidine rings is 1. The highest BCUT2D eigenvalue weighted by molar-refractivity contribution is 5.93. The van der Waals surface area contributed by atoms with Gasteiger partial charge in [0.1, 0.15) is 0 Å². The summed E-state index contributed by atoms with van der Waals surface area (Å²) in [5, 5.41) is 7.02. The summed E-state index contributed by atoms with van der Waals surface area (Å²) < 4.78 is 5.31. The number of carbonyl (C=O) groups is 2. The van der Waals surface area contributed by atoms with E-state index in [1.807, 2.05) is 11.0 Å². The van der Waals surface area contributed by atoms with Crippen LogP contribution in [0.5, 0.6) is 0 Å². The van der Waals surface area contributed by atoms with Crippen LogP contribution in [-0.4, -0.2) is 70.5 Å². The molecule has 4 heterocycles. The molecule has 2 aliphatic heterocycles. The number of pyridine rings is 1. The molecule has 2 aromatic rings. The van der Waals surface area contributed by atoms with Crippen LogP contribution in [-0.2, 0) is 4.79 Å². The van der Waals surface area contributed by atoms with E-state index in [0.29, 0.717) is 31.9 Å². The molecule has 1 unspecified atom stereocenters. The molecule has 0 radical (unpaired) electrons. The molecule has 0 spiro atoms. The molecular weight excluding hydrogens is 405 g/mol. The molecular formula is C18H23Cl2N5O3. The lowest BCUT2D eigenvalue weighted by Crippen LogP contribution is -2.57. The second-order valence-electron chi connectivity index (χ2n) is 6.63. The Balaban J connectivity index is 0.00000140. The minimum absolute atomic E-state index is 0. The smallest absolute Gasteiger partial charge is 0.276 e. The van der Waals surface area contributed by atoms with Gasteiger partial charge >= 0.3 is 0 Å². The summed E-state index contributed by atoms with van der Waals surface area (Å²) in [6, 6.07) is 5.39. The second kappa shape index (κ2) is 9.86. The third-order valence-corrected chi connectivity index (χ3v) is 4.93. The first-order valence-corrected chi connectivity index (χ1v) is 8.89. The first-order chi connectivity index (χ1) is 12.7. The van der Waals surface area contributed by atoms with Crippen LogP contribution < -0.4 is 5.32 Å². The lowest BCUT2D eigenvalue weighted by molar-refractivity contribution is -0.135. The maximum absolute atomic E-state index is 12.8. The number of amides is 2. The summed E-state index contributed by atoms with van der Waals surface area (Å²) in [5.41, 5.74) is 1.07. The van der Waals surface area contributed by atoms with Crippen molar-refractivity contribution in [2.75, 3.05) is 32.7 Å². The molecule has 0 aromatic carbocycles. The van der Waals surface area contributed by atoms with Crippen molar-refractivity contribution >= 4 is 36.6 Å². The number of nitrogens with one attached hydrogen (secondary N) is 1. The van der Waals surface area contributed by atoms with Crippen molar-refractivity contribution in [3.05, 3.63) is 36.3 Å². The van der Waals surface area contributed by atoms with Crippen molar-refractivity contribution in [2.24, 2.45) is 0 Å². The number of likely N-dealkylation sites (tertiary alicyclic amines) is 1. The van der Waals surface area contributed by atoms with Crippen LogP contribution in [0.3, 0.4) is 0 Å². The first kappa shape index (κ1) is 22.1. The lowest BCUT2D eigenvalue weighted by atomic mass is 10.0. The minimum atomic E-state index is -0.156. The van der Waals surface area contributed by atoms with Gasteiger partial charge < -0.3 is 19.6 Å². The van der Waals surface area contributed by atoms with Crippen molar-refractivity contribution in [2.45, 2.75) is 18.9 Å². The number of hydrogen-bond donors (Lipinski definition) is 1. The Morgan fingerprint density at radius 2 is 2.14 bits per heavy atom. The number of rotatable bonds is 3. The Morgan fingerprint density at radius 3 is 2.89 bits per heavy atom. The van der Waals surface area contributed by atoms with Gasteiger partial charge in [-0.25, -0.2) is 0 Å². The zero-order valence-electron chi connectivity index (χ0n) is 15.2. The van der Waals surface area contributed by atoms with Gasteiger partial charge in [0.25, 0.3) is 5.91 Å². The van der Waals surface area contributed by atoms with Crippen LogP contribution in [0.15, 0.2) is 35.1 Å². The van der Waals surface area contributed by atoms with Gasteiger partial charge in [-0.15, -0.1) is 24.8 Å². The molecule has 4 rings (SSSR count). The fourth-order valence-corrected chi connectivity index (χ4v) is 3.58. The normalized spacial score (nSPS) is 19.6. The van der Waals surface area contributed by atoms with Gasteiger partial charge in [0.2, 0.25) is 5.91 Å². The number of nitrogens with zero attached hydrogens (tertiary/aromatic N) is 4. The Bertz CT molecular complexity index is 802. The SMILES string of the molecule is Cl.Cl.O=C(c1cc(-c2cccnc2)on1)N1CCCC(N2CCNCC2=O)C1. The van der Waals surface area contributed by atoms with Crippen molar-refractivity contribution in [1.82, 2.24) is 25.3 Å². The van der Waals surface area contributed by atoms with Crippen LogP contribution >= 0.6 is 24.8 Å². The topological polar surface area (TPSA) is 91.6 Å². The van der Waals surface area contributed by atoms with E-state index in [-0.39, 0.29) is 48.4 Å². The van der Waals surface area contributed by atoms with E-state index in [0.717, 1.165) is 24.9 Å². The molecule has 2 aromatic heterocycles. The predicted octanol–water partition coefficient (Wildman–Crippen LogP) is 1.62. The summed E-state index contributed by atoms with van der Waals surface area (Å²) >= 11 is 0. The molecule has 152 valence electrons. The van der Waals surface area contributed by atoms with E-state index in [1.54, 1.807) is 29.4 Å². The van der Waals surface area contributed by atoms with Gasteiger partial charge in [0, 0.05) is 56.2 Å². The van der Waals surface area contributed by atoms with Gasteiger partial charge in [0.05, 0.1) is 6.54 Å². The van der Waals surface area contributed by atoms with Gasteiger partial charge in [-0.3, -0.25) is 14.6 Å². The van der Waals surface area contributed by atoms with E-state index in [1.165, 1.54) is 0 Å². The number of piperazine rings is 1. The largest absolute Gasteiger partial charge is 0.355 e. The van der Waals surface area contributed by atoms with E-state index in [2.05, 4.69) is 15.5 Å². The Morgan fingerprint density at radius 1 is 1.29 bits per heavy atom. The van der Waals surface area contributed by atoms with E-state index < -0.39 is 0 Å². The van der Waals surface area contributed by atoms with Gasteiger partial charge in [-0.2, -0.15) is 0 Å². The molecule has 1 atom stereocenters. The number of halogens is 2. The molecule has 2 fully saturated rings. The zero-order chi connectivity index (χ0) is 17.9. The highest BCUT2D eigenvalue weighted by Gasteiger charge is 2.32. The highest BCUT2D eigenvalue weighted by Crippen LogP contribution is 2.22. The van der Waals surface area contributed by atoms with E-state index in [4.69, 9.17) is 4.52 Å². The van der Waals surface area contributed by atoms with Crippen molar-refractivity contribution in [3.63, 3.8) is 0 Å². The molecule has 28 heavy (non-hydrogen) atoms. The van der Waals surface area contributed by atoms with Crippen LogP contribution in [0.2, 0.25) is 0 Å². The Hall–Kier alpha value is -2.16. The van der Waals surface area contributed by atoms with Crippen LogP contribution in [0, 0.1) is 0 Å².